The van der Waals surface area contributed by atoms with Gasteiger partial charge < -0.3 is 9.80 Å². The Balaban J connectivity index is 1.17. The summed E-state index contributed by atoms with van der Waals surface area (Å²) < 4.78 is 0. The van der Waals surface area contributed by atoms with Crippen LogP contribution in [-0.4, -0.2) is 0 Å². The van der Waals surface area contributed by atoms with E-state index in [-0.39, 0.29) is 0 Å². The third kappa shape index (κ3) is 6.47. The number of fused-ring (bicyclic) bond motifs is 9. The lowest BCUT2D eigenvalue weighted by Gasteiger charge is -2.35. The Bertz CT molecular complexity index is 3630. The van der Waals surface area contributed by atoms with Gasteiger partial charge in [0.25, 0.3) is 0 Å². The summed E-state index contributed by atoms with van der Waals surface area (Å²) >= 11 is 0. The highest BCUT2D eigenvalue weighted by atomic mass is 15.1. The predicted molar refractivity (Wildman–Crippen MR) is 285 cm³/mol. The molecule has 1 aliphatic carbocycles. The van der Waals surface area contributed by atoms with Crippen molar-refractivity contribution >= 4 is 66.4 Å². The van der Waals surface area contributed by atoms with Crippen molar-refractivity contribution in [1.82, 2.24) is 0 Å². The van der Waals surface area contributed by atoms with E-state index in [9.17, 15) is 0 Å². The number of hydrogen-bond donors (Lipinski definition) is 0. The van der Waals surface area contributed by atoms with E-state index < -0.39 is 5.41 Å². The molecule has 11 aromatic rings. The van der Waals surface area contributed by atoms with E-state index in [0.717, 1.165) is 22.7 Å². The van der Waals surface area contributed by atoms with Crippen LogP contribution in [0.3, 0.4) is 0 Å². The van der Waals surface area contributed by atoms with Gasteiger partial charge in [0.15, 0.2) is 0 Å². The molecule has 2 nitrogen and oxygen atoms in total. The molecule has 0 saturated carbocycles. The molecular formula is C65H50N2. The van der Waals surface area contributed by atoms with Gasteiger partial charge in [-0.25, -0.2) is 0 Å². The first-order valence-electron chi connectivity index (χ1n) is 23.4. The molecule has 0 unspecified atom stereocenters. The predicted octanol–water partition coefficient (Wildman–Crippen LogP) is 17.7. The highest BCUT2D eigenvalue weighted by Crippen LogP contribution is 2.61. The number of anilines is 6. The van der Waals surface area contributed by atoms with Crippen molar-refractivity contribution in [2.45, 2.75) is 33.1 Å². The van der Waals surface area contributed by atoms with Crippen molar-refractivity contribution in [2.24, 2.45) is 0 Å². The Morgan fingerprint density at radius 1 is 0.328 bits per heavy atom. The fourth-order valence-electron chi connectivity index (χ4n) is 11.1. The fourth-order valence-corrected chi connectivity index (χ4v) is 11.1. The second kappa shape index (κ2) is 16.0. The van der Waals surface area contributed by atoms with Crippen molar-refractivity contribution in [3.63, 3.8) is 0 Å². The first kappa shape index (κ1) is 40.3. The van der Waals surface area contributed by atoms with Gasteiger partial charge in [-0.1, -0.05) is 158 Å². The monoisotopic (exact) mass is 858 g/mol. The Labute approximate surface area is 393 Å². The minimum absolute atomic E-state index is 0.639. The fraction of sp³-hybridized carbons (Fsp3) is 0.0769. The molecule has 2 heteroatoms. The van der Waals surface area contributed by atoms with Crippen LogP contribution < -0.4 is 9.80 Å². The molecule has 0 atom stereocenters. The van der Waals surface area contributed by atoms with E-state index in [1.807, 2.05) is 0 Å². The molecule has 0 N–H and O–H groups in total. The van der Waals surface area contributed by atoms with Crippen molar-refractivity contribution in [1.29, 1.82) is 0 Å². The molecule has 0 saturated heterocycles. The first-order chi connectivity index (χ1) is 32.9. The Hall–Kier alpha value is -8.20. The van der Waals surface area contributed by atoms with Crippen LogP contribution in [0.5, 0.6) is 0 Å². The maximum Gasteiger partial charge on any atom is 0.0720 e. The summed E-state index contributed by atoms with van der Waals surface area (Å²) in [6.07, 6.45) is 0. The quantitative estimate of drug-likeness (QED) is 0.141. The SMILES string of the molecule is Cc1ccc(C)c(N(c2ccccc2)c2ccc3cc4c(cc3c2)C(c2ccccc2)(c2ccccc2)c2c-4c3ccccc3c3cc(N(c4ccccc4)c4cc(C)ccc4C)ccc23)c1. The Kier molecular flexibility index (Phi) is 9.66. The van der Waals surface area contributed by atoms with Crippen LogP contribution in [-0.2, 0) is 5.41 Å². The maximum absolute atomic E-state index is 2.52. The third-order valence-corrected chi connectivity index (χ3v) is 14.2. The van der Waals surface area contributed by atoms with Crippen molar-refractivity contribution in [3.05, 3.63) is 275 Å². The summed E-state index contributed by atoms with van der Waals surface area (Å²) in [7, 11) is 0. The second-order valence-corrected chi connectivity index (χ2v) is 18.4. The average Bonchev–Trinajstić information content (AvgIpc) is 3.67. The average molecular weight is 859 g/mol. The van der Waals surface area contributed by atoms with Gasteiger partial charge in [-0.2, -0.15) is 0 Å². The van der Waals surface area contributed by atoms with E-state index in [1.54, 1.807) is 0 Å². The molecule has 12 rings (SSSR count). The number of benzene rings is 11. The molecule has 0 heterocycles. The van der Waals surface area contributed by atoms with Crippen LogP contribution in [0.15, 0.2) is 231 Å². The minimum atomic E-state index is -0.639. The molecule has 0 bridgehead atoms. The summed E-state index contributed by atoms with van der Waals surface area (Å²) in [6.45, 7) is 8.79. The zero-order valence-electron chi connectivity index (χ0n) is 38.3. The topological polar surface area (TPSA) is 6.48 Å². The number of para-hydroxylation sites is 2. The molecule has 0 aliphatic heterocycles. The lowest BCUT2D eigenvalue weighted by atomic mass is 9.66. The zero-order valence-corrected chi connectivity index (χ0v) is 38.3. The van der Waals surface area contributed by atoms with Gasteiger partial charge in [-0.05, 0) is 188 Å². The van der Waals surface area contributed by atoms with Crippen LogP contribution >= 0.6 is 0 Å². The molecule has 320 valence electrons. The number of hydrogen-bond acceptors (Lipinski definition) is 2. The molecule has 67 heavy (non-hydrogen) atoms. The molecule has 11 aromatic carbocycles. The summed E-state index contributed by atoms with van der Waals surface area (Å²) in [4.78, 5) is 4.85. The lowest BCUT2D eigenvalue weighted by Crippen LogP contribution is -2.29. The van der Waals surface area contributed by atoms with E-state index in [1.165, 1.54) is 99.3 Å². The van der Waals surface area contributed by atoms with Gasteiger partial charge in [0.05, 0.1) is 5.41 Å². The molecule has 0 spiro atoms. The molecule has 0 amide bonds. The molecule has 0 aromatic heterocycles. The summed E-state index contributed by atoms with van der Waals surface area (Å²) in [5.41, 5.74) is 18.9. The molecular weight excluding hydrogens is 809 g/mol. The standard InChI is InChI=1S/C65H50N2/c1-43-29-31-45(3)61(37-43)66(51-23-13-7-14-24-51)53-34-33-47-40-59-60(41-48(47)39-53)65(49-19-9-5-10-20-49,50-21-11-6-12-22-50)64-57-36-35-54(42-58(57)55-27-17-18-28-56(55)63(59)64)67(52-25-15-8-16-26-52)62-38-44(2)30-32-46(62)4/h5-42H,1-4H3. The van der Waals surface area contributed by atoms with Gasteiger partial charge in [0.2, 0.25) is 0 Å². The zero-order chi connectivity index (χ0) is 45.2. The summed E-state index contributed by atoms with van der Waals surface area (Å²) in [5, 5.41) is 7.42. The van der Waals surface area contributed by atoms with E-state index in [4.69, 9.17) is 0 Å². The number of nitrogens with zero attached hydrogens (tertiary/aromatic N) is 2. The molecule has 1 aliphatic rings. The Morgan fingerprint density at radius 2 is 0.821 bits per heavy atom. The lowest BCUT2D eigenvalue weighted by molar-refractivity contribution is 0.777. The normalized spacial score (nSPS) is 12.6. The van der Waals surface area contributed by atoms with E-state index in [0.29, 0.717) is 0 Å². The smallest absolute Gasteiger partial charge is 0.0720 e. The second-order valence-electron chi connectivity index (χ2n) is 18.4. The van der Waals surface area contributed by atoms with Gasteiger partial charge in [-0.3, -0.25) is 0 Å². The van der Waals surface area contributed by atoms with Gasteiger partial charge in [-0.15, -0.1) is 0 Å². The van der Waals surface area contributed by atoms with Crippen LogP contribution in [0.1, 0.15) is 44.5 Å². The highest BCUT2D eigenvalue weighted by Gasteiger charge is 2.48. The molecule has 0 radical (unpaired) electrons. The maximum atomic E-state index is 2.52. The van der Waals surface area contributed by atoms with Gasteiger partial charge in [0, 0.05) is 34.1 Å². The van der Waals surface area contributed by atoms with Crippen LogP contribution in [0.4, 0.5) is 34.1 Å². The number of aryl methyl sites for hydroxylation is 4. The van der Waals surface area contributed by atoms with Crippen LogP contribution in [0.2, 0.25) is 0 Å². The van der Waals surface area contributed by atoms with Crippen molar-refractivity contribution in [3.8, 4) is 11.1 Å². The largest absolute Gasteiger partial charge is 0.310 e. The van der Waals surface area contributed by atoms with Crippen LogP contribution in [0, 0.1) is 27.7 Å². The van der Waals surface area contributed by atoms with Crippen molar-refractivity contribution < 1.29 is 0 Å². The highest BCUT2D eigenvalue weighted by molar-refractivity contribution is 6.20. The number of rotatable bonds is 8. The Morgan fingerprint density at radius 3 is 1.39 bits per heavy atom. The third-order valence-electron chi connectivity index (χ3n) is 14.2. The first-order valence-corrected chi connectivity index (χ1v) is 23.4. The molecule has 0 fully saturated rings. The van der Waals surface area contributed by atoms with Crippen molar-refractivity contribution in [2.75, 3.05) is 9.80 Å². The van der Waals surface area contributed by atoms with Gasteiger partial charge in [0.1, 0.15) is 0 Å². The summed E-state index contributed by atoms with van der Waals surface area (Å²) in [5.74, 6) is 0. The summed E-state index contributed by atoms with van der Waals surface area (Å²) in [6, 6.07) is 86.0. The van der Waals surface area contributed by atoms with Crippen LogP contribution in [0.25, 0.3) is 43.4 Å². The minimum Gasteiger partial charge on any atom is -0.310 e. The van der Waals surface area contributed by atoms with E-state index >= 15 is 0 Å². The van der Waals surface area contributed by atoms with E-state index in [2.05, 4.69) is 268 Å². The van der Waals surface area contributed by atoms with Gasteiger partial charge >= 0.3 is 0 Å².